The summed E-state index contributed by atoms with van der Waals surface area (Å²) in [6, 6.07) is 0. The van der Waals surface area contributed by atoms with Gasteiger partial charge in [-0.2, -0.15) is 0 Å². The maximum atomic E-state index is 11.7. The predicted octanol–water partition coefficient (Wildman–Crippen LogP) is 1.99. The molecule has 82 valence electrons. The summed E-state index contributed by atoms with van der Waals surface area (Å²) in [6.07, 6.45) is 7.24. The molecule has 1 aromatic heterocycles. The van der Waals surface area contributed by atoms with Crippen LogP contribution in [0.4, 0.5) is 5.82 Å². The molecule has 0 spiro atoms. The zero-order valence-electron chi connectivity index (χ0n) is 8.15. The number of hydrogen-bond acceptors (Lipinski definition) is 3. The van der Waals surface area contributed by atoms with E-state index in [9.17, 15) is 4.79 Å². The van der Waals surface area contributed by atoms with Gasteiger partial charge in [0.15, 0.2) is 5.82 Å². The van der Waals surface area contributed by atoms with Crippen LogP contribution in [0.25, 0.3) is 0 Å². The Morgan fingerprint density at radius 3 is 2.88 bits per heavy atom. The molecule has 0 aromatic carbocycles. The number of aromatic nitrogens is 2. The number of hydrogen-bond donors (Lipinski definition) is 0. The molecule has 0 radical (unpaired) electrons. The van der Waals surface area contributed by atoms with Gasteiger partial charge in [-0.25, -0.2) is 9.97 Å². The second kappa shape index (κ2) is 4.52. The zero-order valence-corrected chi connectivity index (χ0v) is 11.3. The highest BCUT2D eigenvalue weighted by Gasteiger charge is 2.31. The molecule has 0 N–H and O–H groups in total. The van der Waals surface area contributed by atoms with Crippen LogP contribution in [0.3, 0.4) is 0 Å². The molecule has 6 heteroatoms. The second-order valence-corrected chi connectivity index (χ2v) is 4.94. The third kappa shape index (κ3) is 2.11. The van der Waals surface area contributed by atoms with E-state index >= 15 is 0 Å². The summed E-state index contributed by atoms with van der Waals surface area (Å²) in [6.45, 7) is 0.504. The quantitative estimate of drug-likeness (QED) is 0.732. The van der Waals surface area contributed by atoms with Crippen LogP contribution in [0.5, 0.6) is 0 Å². The van der Waals surface area contributed by atoms with E-state index in [4.69, 9.17) is 6.42 Å². The molecule has 0 saturated carbocycles. The van der Waals surface area contributed by atoms with E-state index in [0.29, 0.717) is 28.0 Å². The Morgan fingerprint density at radius 1 is 1.56 bits per heavy atom. The Hall–Kier alpha value is -0.930. The third-order valence-corrected chi connectivity index (χ3v) is 3.21. The molecule has 1 amide bonds. The lowest BCUT2D eigenvalue weighted by molar-refractivity contribution is -0.117. The Morgan fingerprint density at radius 2 is 2.31 bits per heavy atom. The number of anilines is 1. The average Bonchev–Trinajstić information content (AvgIpc) is 2.60. The summed E-state index contributed by atoms with van der Waals surface area (Å²) in [5.41, 5.74) is 0. The molecular weight excluding hydrogens is 338 g/mol. The van der Waals surface area contributed by atoms with Crippen LogP contribution in [0.15, 0.2) is 15.4 Å². The van der Waals surface area contributed by atoms with Crippen molar-refractivity contribution < 1.29 is 4.79 Å². The molecule has 4 nitrogen and oxygen atoms in total. The van der Waals surface area contributed by atoms with Crippen LogP contribution < -0.4 is 4.90 Å². The number of carbonyl (C=O) groups is 1. The lowest BCUT2D eigenvalue weighted by Gasteiger charge is -2.15. The maximum absolute atomic E-state index is 11.7. The highest BCUT2D eigenvalue weighted by molar-refractivity contribution is 9.11. The summed E-state index contributed by atoms with van der Waals surface area (Å²) in [5.74, 6) is 3.06. The fraction of sp³-hybridized carbons (Fsp3) is 0.300. The summed E-state index contributed by atoms with van der Waals surface area (Å²) < 4.78 is 1.15. The zero-order chi connectivity index (χ0) is 11.7. The van der Waals surface area contributed by atoms with Crippen LogP contribution >= 0.6 is 31.9 Å². The van der Waals surface area contributed by atoms with E-state index in [-0.39, 0.29) is 11.8 Å². The SMILES string of the molecule is C#CC1CC(=O)N(c2ncc(Br)nc2Br)C1. The molecule has 0 aliphatic carbocycles. The van der Waals surface area contributed by atoms with Crippen molar-refractivity contribution in [2.45, 2.75) is 6.42 Å². The summed E-state index contributed by atoms with van der Waals surface area (Å²) in [5, 5.41) is 0. The van der Waals surface area contributed by atoms with Crippen molar-refractivity contribution in [1.29, 1.82) is 0 Å². The van der Waals surface area contributed by atoms with Gasteiger partial charge >= 0.3 is 0 Å². The topological polar surface area (TPSA) is 46.1 Å². The van der Waals surface area contributed by atoms with E-state index in [1.165, 1.54) is 0 Å². The van der Waals surface area contributed by atoms with E-state index < -0.39 is 0 Å². The normalized spacial score (nSPS) is 19.9. The number of carbonyl (C=O) groups excluding carboxylic acids is 1. The molecule has 1 aliphatic rings. The summed E-state index contributed by atoms with van der Waals surface area (Å²) in [7, 11) is 0. The smallest absolute Gasteiger partial charge is 0.229 e. The summed E-state index contributed by atoms with van der Waals surface area (Å²) >= 11 is 6.48. The van der Waals surface area contributed by atoms with Crippen LogP contribution in [-0.2, 0) is 4.79 Å². The van der Waals surface area contributed by atoms with Gasteiger partial charge in [0.2, 0.25) is 5.91 Å². The van der Waals surface area contributed by atoms with Gasteiger partial charge in [-0.05, 0) is 31.9 Å². The van der Waals surface area contributed by atoms with Gasteiger partial charge in [-0.3, -0.25) is 9.69 Å². The fourth-order valence-electron chi connectivity index (χ4n) is 1.55. The van der Waals surface area contributed by atoms with E-state index in [1.54, 1.807) is 11.1 Å². The van der Waals surface area contributed by atoms with Gasteiger partial charge in [0.25, 0.3) is 0 Å². The minimum atomic E-state index is -0.0372. The van der Waals surface area contributed by atoms with Crippen molar-refractivity contribution in [1.82, 2.24) is 9.97 Å². The van der Waals surface area contributed by atoms with E-state index in [2.05, 4.69) is 47.7 Å². The van der Waals surface area contributed by atoms with Crippen LogP contribution in [-0.4, -0.2) is 22.4 Å². The van der Waals surface area contributed by atoms with Crippen molar-refractivity contribution in [2.75, 3.05) is 11.4 Å². The molecule has 1 aliphatic heterocycles. The largest absolute Gasteiger partial charge is 0.293 e. The fourth-order valence-corrected chi connectivity index (χ4v) is 2.57. The molecule has 0 bridgehead atoms. The minimum Gasteiger partial charge on any atom is -0.293 e. The van der Waals surface area contributed by atoms with Gasteiger partial charge in [0, 0.05) is 18.9 Å². The minimum absolute atomic E-state index is 0.0136. The highest BCUT2D eigenvalue weighted by Crippen LogP contribution is 2.28. The number of nitrogens with zero attached hydrogens (tertiary/aromatic N) is 3. The first-order valence-electron chi connectivity index (χ1n) is 4.56. The van der Waals surface area contributed by atoms with E-state index in [1.807, 2.05) is 0 Å². The monoisotopic (exact) mass is 343 g/mol. The Balaban J connectivity index is 2.32. The summed E-state index contributed by atoms with van der Waals surface area (Å²) in [4.78, 5) is 21.6. The second-order valence-electron chi connectivity index (χ2n) is 3.38. The molecule has 1 aromatic rings. The molecule has 1 saturated heterocycles. The van der Waals surface area contributed by atoms with Crippen molar-refractivity contribution in [3.63, 3.8) is 0 Å². The van der Waals surface area contributed by atoms with Gasteiger partial charge in [0.05, 0.1) is 6.20 Å². The molecule has 2 heterocycles. The van der Waals surface area contributed by atoms with Crippen LogP contribution in [0.1, 0.15) is 6.42 Å². The first-order valence-corrected chi connectivity index (χ1v) is 6.15. The molecule has 1 unspecified atom stereocenters. The number of halogens is 2. The Kier molecular flexibility index (Phi) is 3.26. The lowest BCUT2D eigenvalue weighted by Crippen LogP contribution is -2.26. The third-order valence-electron chi connectivity index (χ3n) is 2.30. The maximum Gasteiger partial charge on any atom is 0.229 e. The Bertz CT molecular complexity index is 483. The van der Waals surface area contributed by atoms with Crippen molar-refractivity contribution in [2.24, 2.45) is 5.92 Å². The van der Waals surface area contributed by atoms with Gasteiger partial charge in [-0.1, -0.05) is 0 Å². The van der Waals surface area contributed by atoms with Gasteiger partial charge in [-0.15, -0.1) is 12.3 Å². The molecule has 1 atom stereocenters. The molecule has 2 rings (SSSR count). The number of amides is 1. The van der Waals surface area contributed by atoms with Gasteiger partial charge in [0.1, 0.15) is 9.21 Å². The van der Waals surface area contributed by atoms with Gasteiger partial charge < -0.3 is 0 Å². The van der Waals surface area contributed by atoms with Crippen LogP contribution in [0.2, 0.25) is 0 Å². The highest BCUT2D eigenvalue weighted by atomic mass is 79.9. The lowest BCUT2D eigenvalue weighted by atomic mass is 10.1. The molecule has 1 fully saturated rings. The van der Waals surface area contributed by atoms with Crippen molar-refractivity contribution in [3.8, 4) is 12.3 Å². The number of rotatable bonds is 1. The van der Waals surface area contributed by atoms with Crippen LogP contribution in [0, 0.1) is 18.3 Å². The Labute approximate surface area is 110 Å². The predicted molar refractivity (Wildman–Crippen MR) is 66.7 cm³/mol. The first-order chi connectivity index (χ1) is 7.61. The van der Waals surface area contributed by atoms with Crippen molar-refractivity contribution in [3.05, 3.63) is 15.4 Å². The molecular formula is C10H7Br2N3O. The van der Waals surface area contributed by atoms with Crippen molar-refractivity contribution >= 4 is 43.6 Å². The number of terminal acetylenes is 1. The molecule has 16 heavy (non-hydrogen) atoms. The van der Waals surface area contributed by atoms with E-state index in [0.717, 1.165) is 0 Å². The average molecular weight is 345 g/mol. The standard InChI is InChI=1S/C10H7Br2N3O/c1-2-6-3-8(16)15(5-6)10-9(12)14-7(11)4-13-10/h1,4,6H,3,5H2. The first kappa shape index (κ1) is 11.6.